The number of amides is 1. The summed E-state index contributed by atoms with van der Waals surface area (Å²) in [6.45, 7) is 7.64. The maximum absolute atomic E-state index is 14.9. The van der Waals surface area contributed by atoms with Gasteiger partial charge in [0.2, 0.25) is 5.89 Å². The van der Waals surface area contributed by atoms with Gasteiger partial charge in [-0.25, -0.2) is 4.39 Å². The zero-order chi connectivity index (χ0) is 23.0. The molecule has 8 nitrogen and oxygen atoms in total. The summed E-state index contributed by atoms with van der Waals surface area (Å²) in [6.07, 6.45) is 4.98. The van der Waals surface area contributed by atoms with Crippen LogP contribution in [0.25, 0.3) is 11.1 Å². The van der Waals surface area contributed by atoms with Gasteiger partial charge in [-0.05, 0) is 36.5 Å². The Balaban J connectivity index is 1.32. The van der Waals surface area contributed by atoms with Crippen molar-refractivity contribution in [3.8, 4) is 11.1 Å². The minimum atomic E-state index is -0.376. The number of anilines is 1. The molecule has 1 saturated carbocycles. The van der Waals surface area contributed by atoms with Gasteiger partial charge in [-0.3, -0.25) is 9.78 Å². The summed E-state index contributed by atoms with van der Waals surface area (Å²) in [7, 11) is 0. The van der Waals surface area contributed by atoms with Crippen LogP contribution in [0.3, 0.4) is 0 Å². The van der Waals surface area contributed by atoms with Crippen molar-refractivity contribution in [3.05, 3.63) is 59.3 Å². The molecule has 0 bridgehead atoms. The molecular weight excluding hydrogens is 423 g/mol. The highest BCUT2D eigenvalue weighted by Crippen LogP contribution is 2.46. The summed E-state index contributed by atoms with van der Waals surface area (Å²) < 4.78 is 20.1. The summed E-state index contributed by atoms with van der Waals surface area (Å²) in [5.74, 6) is -0.151. The number of halogens is 1. The summed E-state index contributed by atoms with van der Waals surface area (Å²) in [5.41, 5.74) is 3.95. The number of carbonyl (C=O) groups is 1. The molecule has 3 aromatic rings. The van der Waals surface area contributed by atoms with Crippen molar-refractivity contribution in [1.29, 1.82) is 0 Å². The molecule has 1 aromatic carbocycles. The average Bonchev–Trinajstić information content (AvgIpc) is 3.37. The highest BCUT2D eigenvalue weighted by molar-refractivity contribution is 5.90. The Hall–Kier alpha value is -3.33. The molecule has 0 spiro atoms. The average molecular weight is 451 g/mol. The Bertz CT molecular complexity index is 1180. The highest BCUT2D eigenvalue weighted by Gasteiger charge is 2.44. The first-order valence-electron chi connectivity index (χ1n) is 11.3. The van der Waals surface area contributed by atoms with Gasteiger partial charge in [0.15, 0.2) is 5.82 Å². The summed E-state index contributed by atoms with van der Waals surface area (Å²) in [4.78, 5) is 23.0. The molecule has 1 aliphatic heterocycles. The van der Waals surface area contributed by atoms with Crippen LogP contribution in [0, 0.1) is 12.7 Å². The van der Waals surface area contributed by atoms with Crippen molar-refractivity contribution in [2.75, 3.05) is 31.1 Å². The predicted molar refractivity (Wildman–Crippen MR) is 122 cm³/mol. The van der Waals surface area contributed by atoms with Gasteiger partial charge in [0.05, 0.1) is 18.1 Å². The molecule has 9 heteroatoms. The molecule has 2 aliphatic rings. The van der Waals surface area contributed by atoms with E-state index in [1.54, 1.807) is 6.20 Å². The van der Waals surface area contributed by atoms with Crippen LogP contribution in [0.15, 0.2) is 35.1 Å². The lowest BCUT2D eigenvalue weighted by Crippen LogP contribution is -2.43. The summed E-state index contributed by atoms with van der Waals surface area (Å²) >= 11 is 0. The number of aryl methyl sites for hydroxylation is 1. The van der Waals surface area contributed by atoms with E-state index in [0.29, 0.717) is 18.0 Å². The largest absolute Gasteiger partial charge is 0.367 e. The number of piperazine rings is 1. The van der Waals surface area contributed by atoms with Crippen molar-refractivity contribution < 1.29 is 13.7 Å². The van der Waals surface area contributed by atoms with Crippen LogP contribution in [0.4, 0.5) is 10.1 Å². The van der Waals surface area contributed by atoms with Crippen molar-refractivity contribution >= 4 is 11.6 Å². The van der Waals surface area contributed by atoms with E-state index in [-0.39, 0.29) is 23.0 Å². The maximum Gasteiger partial charge on any atom is 0.292 e. The number of nitrogens with zero attached hydrogens (tertiary/aromatic N) is 4. The zero-order valence-corrected chi connectivity index (χ0v) is 18.8. The molecule has 2 aromatic heterocycles. The predicted octanol–water partition coefficient (Wildman–Crippen LogP) is 2.97. The van der Waals surface area contributed by atoms with E-state index in [2.05, 4.69) is 30.7 Å². The minimum Gasteiger partial charge on any atom is -0.367 e. The van der Waals surface area contributed by atoms with Crippen LogP contribution in [-0.4, -0.2) is 47.2 Å². The molecule has 2 fully saturated rings. The number of rotatable bonds is 6. The first kappa shape index (κ1) is 21.5. The van der Waals surface area contributed by atoms with Gasteiger partial charge in [0, 0.05) is 43.7 Å². The lowest BCUT2D eigenvalue weighted by molar-refractivity contribution is 0.0937. The summed E-state index contributed by atoms with van der Waals surface area (Å²) in [6, 6.07) is 5.75. The number of carbonyl (C=O) groups excluding carboxylic acids is 1. The van der Waals surface area contributed by atoms with E-state index < -0.39 is 0 Å². The number of aromatic nitrogens is 3. The quantitative estimate of drug-likeness (QED) is 0.596. The minimum absolute atomic E-state index is 0.0481. The third-order valence-corrected chi connectivity index (χ3v) is 6.55. The van der Waals surface area contributed by atoms with Gasteiger partial charge >= 0.3 is 0 Å². The monoisotopic (exact) mass is 450 g/mol. The number of nitrogens with one attached hydrogen (secondary N) is 2. The third kappa shape index (κ3) is 4.32. The SMILES string of the molecule is Cc1cc(-c2c(F)cncc2N2CCNCC2)ccc1CNC(=O)c1noc(C2(C)CC2)n1. The maximum atomic E-state index is 14.9. The highest BCUT2D eigenvalue weighted by atomic mass is 19.1. The molecule has 1 saturated heterocycles. The van der Waals surface area contributed by atoms with Crippen molar-refractivity contribution in [2.45, 2.75) is 38.6 Å². The molecule has 0 radical (unpaired) electrons. The van der Waals surface area contributed by atoms with Gasteiger partial charge in [-0.2, -0.15) is 4.98 Å². The van der Waals surface area contributed by atoms with Crippen LogP contribution in [0.1, 0.15) is 47.4 Å². The Morgan fingerprint density at radius 3 is 2.79 bits per heavy atom. The molecule has 172 valence electrons. The fourth-order valence-corrected chi connectivity index (χ4v) is 4.12. The van der Waals surface area contributed by atoms with Crippen molar-refractivity contribution in [1.82, 2.24) is 25.8 Å². The van der Waals surface area contributed by atoms with Gasteiger partial charge < -0.3 is 20.1 Å². The second kappa shape index (κ2) is 8.55. The van der Waals surface area contributed by atoms with Crippen LogP contribution < -0.4 is 15.5 Å². The number of benzene rings is 1. The normalized spacial score (nSPS) is 17.1. The standard InChI is InChI=1S/C24H27FN6O2/c1-15-11-16(20-18(25)13-27-14-19(20)31-9-7-26-8-10-31)3-4-17(15)12-28-22(32)21-29-23(33-30-21)24(2)5-6-24/h3-4,11,13-14,26H,5-10,12H2,1-2H3,(H,28,32). The van der Waals surface area contributed by atoms with Crippen LogP contribution in [0.5, 0.6) is 0 Å². The molecule has 3 heterocycles. The van der Waals surface area contributed by atoms with Gasteiger partial charge in [0.25, 0.3) is 11.7 Å². The number of pyridine rings is 1. The lowest BCUT2D eigenvalue weighted by Gasteiger charge is -2.31. The van der Waals surface area contributed by atoms with Crippen LogP contribution >= 0.6 is 0 Å². The molecule has 33 heavy (non-hydrogen) atoms. The van der Waals surface area contributed by atoms with Crippen LogP contribution in [-0.2, 0) is 12.0 Å². The number of hydrogen-bond donors (Lipinski definition) is 2. The molecule has 1 aliphatic carbocycles. The Labute approximate surface area is 191 Å². The van der Waals surface area contributed by atoms with E-state index in [1.807, 2.05) is 32.0 Å². The Morgan fingerprint density at radius 1 is 1.27 bits per heavy atom. The van der Waals surface area contributed by atoms with Crippen molar-refractivity contribution in [3.63, 3.8) is 0 Å². The third-order valence-electron chi connectivity index (χ3n) is 6.55. The van der Waals surface area contributed by atoms with E-state index in [4.69, 9.17) is 4.52 Å². The fourth-order valence-electron chi connectivity index (χ4n) is 4.12. The molecule has 0 atom stereocenters. The second-order valence-corrected chi connectivity index (χ2v) is 9.06. The van der Waals surface area contributed by atoms with Gasteiger partial charge in [-0.15, -0.1) is 0 Å². The molecule has 0 unspecified atom stereocenters. The molecule has 5 rings (SSSR count). The second-order valence-electron chi connectivity index (χ2n) is 9.06. The van der Waals surface area contributed by atoms with E-state index >= 15 is 0 Å². The molecule has 2 N–H and O–H groups in total. The first-order valence-corrected chi connectivity index (χ1v) is 11.3. The van der Waals surface area contributed by atoms with Gasteiger partial charge in [0.1, 0.15) is 0 Å². The molecular formula is C24H27FN6O2. The van der Waals surface area contributed by atoms with Gasteiger partial charge in [-0.1, -0.05) is 30.3 Å². The topological polar surface area (TPSA) is 96.2 Å². The zero-order valence-electron chi connectivity index (χ0n) is 18.8. The Kier molecular flexibility index (Phi) is 5.57. The fraction of sp³-hybridized carbons (Fsp3) is 0.417. The lowest BCUT2D eigenvalue weighted by atomic mass is 9.98. The Morgan fingerprint density at radius 2 is 2.06 bits per heavy atom. The smallest absolute Gasteiger partial charge is 0.292 e. The van der Waals surface area contributed by atoms with E-state index in [0.717, 1.165) is 61.4 Å². The van der Waals surface area contributed by atoms with Crippen LogP contribution in [0.2, 0.25) is 0 Å². The van der Waals surface area contributed by atoms with E-state index in [9.17, 15) is 9.18 Å². The summed E-state index contributed by atoms with van der Waals surface area (Å²) in [5, 5.41) is 9.99. The van der Waals surface area contributed by atoms with E-state index in [1.165, 1.54) is 6.20 Å². The van der Waals surface area contributed by atoms with Crippen molar-refractivity contribution in [2.24, 2.45) is 0 Å². The molecule has 1 amide bonds. The first-order chi connectivity index (χ1) is 15.9. The number of hydrogen-bond acceptors (Lipinski definition) is 7.